The van der Waals surface area contributed by atoms with Crippen LogP contribution in [0.2, 0.25) is 0 Å². The number of hydrogen-bond donors (Lipinski definition) is 0. The van der Waals surface area contributed by atoms with Crippen LogP contribution in [0, 0.1) is 0 Å². The van der Waals surface area contributed by atoms with Gasteiger partial charge in [-0.15, -0.1) is 0 Å². The average molecular weight is 863 g/mol. The lowest BCUT2D eigenvalue weighted by Crippen LogP contribution is -2.32. The number of esters is 1. The average Bonchev–Trinajstić information content (AvgIpc) is 2.33. The number of hydrogen-bond acceptors (Lipinski definition) is 6. The maximum atomic E-state index is 12.2. The molecule has 0 N–H and O–H groups in total. The lowest BCUT2D eigenvalue weighted by atomic mass is 10.4. The molecule has 0 aliphatic rings. The van der Waals surface area contributed by atoms with E-state index < -0.39 is 23.8 Å². The SMILES string of the molecule is O=C(CF)O[C@H](COSP(I)I)[C@H](Br)OSP(I)I. The standard InChI is InChI=1S/C5H6BrFI4O4P2S2/c6-5(15-19-17(10)11)3(14-4(12)1-7)2-13-18-16(8)9/h3,5H,1-2H2/t3-,5-/m1/s1. The molecule has 14 heteroatoms. The van der Waals surface area contributed by atoms with Crippen LogP contribution in [0.1, 0.15) is 0 Å². The Hall–Kier alpha value is 4.28. The van der Waals surface area contributed by atoms with Gasteiger partial charge in [-0.25, -0.2) is 9.18 Å². The van der Waals surface area contributed by atoms with Crippen LogP contribution >= 0.6 is 132 Å². The van der Waals surface area contributed by atoms with Gasteiger partial charge >= 0.3 is 5.97 Å². The Labute approximate surface area is 181 Å². The van der Waals surface area contributed by atoms with Gasteiger partial charge in [0.25, 0.3) is 0 Å². The van der Waals surface area contributed by atoms with Crippen molar-refractivity contribution in [3.8, 4) is 0 Å². The molecular formula is C5H6BrFI4O4P2S2. The summed E-state index contributed by atoms with van der Waals surface area (Å²) >= 11 is 14.8. The first kappa shape index (κ1) is 23.3. The second-order valence-electron chi connectivity index (χ2n) is 2.45. The predicted octanol–water partition coefficient (Wildman–Crippen LogP) is 7.11. The van der Waals surface area contributed by atoms with Crippen molar-refractivity contribution in [2.45, 2.75) is 11.1 Å². The summed E-state index contributed by atoms with van der Waals surface area (Å²) < 4.78 is 27.2. The summed E-state index contributed by atoms with van der Waals surface area (Å²) in [5.74, 6) is -0.922. The van der Waals surface area contributed by atoms with Crippen molar-refractivity contribution >= 4 is 138 Å². The molecule has 0 saturated carbocycles. The Morgan fingerprint density at radius 2 is 1.84 bits per heavy atom. The zero-order chi connectivity index (χ0) is 14.8. The molecule has 0 fully saturated rings. The molecule has 114 valence electrons. The maximum absolute atomic E-state index is 12.2. The summed E-state index contributed by atoms with van der Waals surface area (Å²) in [6, 6.07) is 0. The maximum Gasteiger partial charge on any atom is 0.338 e. The highest BCUT2D eigenvalue weighted by Gasteiger charge is 2.26. The Balaban J connectivity index is 4.26. The molecule has 19 heavy (non-hydrogen) atoms. The van der Waals surface area contributed by atoms with Crippen LogP contribution in [0.3, 0.4) is 0 Å². The molecule has 0 spiro atoms. The summed E-state index contributed by atoms with van der Waals surface area (Å²) in [6.45, 7) is -1.02. The van der Waals surface area contributed by atoms with Crippen LogP contribution in [0.15, 0.2) is 0 Å². The van der Waals surface area contributed by atoms with E-state index in [1.54, 1.807) is 0 Å². The van der Waals surface area contributed by atoms with E-state index in [9.17, 15) is 9.18 Å². The summed E-state index contributed by atoms with van der Waals surface area (Å²) in [6.07, 6.45) is -0.686. The molecule has 4 nitrogen and oxygen atoms in total. The molecule has 0 aliphatic carbocycles. The van der Waals surface area contributed by atoms with Crippen LogP contribution in [0.25, 0.3) is 0 Å². The monoisotopic (exact) mass is 861 g/mol. The zero-order valence-electron chi connectivity index (χ0n) is 8.68. The molecule has 0 bridgehead atoms. The lowest BCUT2D eigenvalue weighted by Gasteiger charge is -2.21. The third kappa shape index (κ3) is 14.3. The minimum absolute atomic E-state index is 0.137. The van der Waals surface area contributed by atoms with E-state index in [0.29, 0.717) is 0 Å². The van der Waals surface area contributed by atoms with Crippen molar-refractivity contribution in [3.63, 3.8) is 0 Å². The van der Waals surface area contributed by atoms with Gasteiger partial charge in [0.15, 0.2) is 17.8 Å². The molecular weight excluding hydrogens is 857 g/mol. The van der Waals surface area contributed by atoms with Crippen molar-refractivity contribution in [2.75, 3.05) is 13.3 Å². The summed E-state index contributed by atoms with van der Waals surface area (Å²) in [4.78, 5) is 11.0. The minimum Gasteiger partial charge on any atom is -0.454 e. The van der Waals surface area contributed by atoms with Gasteiger partial charge in [-0.3, -0.25) is 4.18 Å². The highest BCUT2D eigenvalue weighted by Crippen LogP contribution is 2.66. The minimum atomic E-state index is -1.16. The second-order valence-corrected chi connectivity index (χ2v) is 38.5. The molecule has 0 radical (unpaired) electrons. The molecule has 0 aromatic rings. The summed E-state index contributed by atoms with van der Waals surface area (Å²) in [7, 11) is 0. The van der Waals surface area contributed by atoms with Crippen LogP contribution in [0.5, 0.6) is 0 Å². The first-order chi connectivity index (χ1) is 8.86. The number of carbonyl (C=O) groups is 1. The number of halogens is 6. The highest BCUT2D eigenvalue weighted by atomic mass is 127. The van der Waals surface area contributed by atoms with Crippen LogP contribution in [-0.2, 0) is 17.9 Å². The fourth-order valence-corrected chi connectivity index (χ4v) is 6.64. The molecule has 0 aromatic carbocycles. The van der Waals surface area contributed by atoms with Crippen molar-refractivity contribution in [3.05, 3.63) is 0 Å². The molecule has 0 aliphatic heterocycles. The summed E-state index contributed by atoms with van der Waals surface area (Å²) in [5.41, 5.74) is 0. The van der Waals surface area contributed by atoms with Gasteiger partial charge in [-0.2, -0.15) is 0 Å². The number of rotatable bonds is 10. The molecule has 0 rings (SSSR count). The molecule has 2 atom stereocenters. The Kier molecular flexibility index (Phi) is 17.9. The van der Waals surface area contributed by atoms with E-state index in [0.717, 1.165) is 0 Å². The topological polar surface area (TPSA) is 44.8 Å². The quantitative estimate of drug-likeness (QED) is 0.0768. The molecule has 0 unspecified atom stereocenters. The molecule has 0 saturated heterocycles. The van der Waals surface area contributed by atoms with Crippen molar-refractivity contribution < 1.29 is 22.3 Å². The van der Waals surface area contributed by atoms with E-state index in [-0.39, 0.29) is 11.4 Å². The fraction of sp³-hybridized carbons (Fsp3) is 0.800. The second kappa shape index (κ2) is 14.6. The predicted molar refractivity (Wildman–Crippen MR) is 121 cm³/mol. The van der Waals surface area contributed by atoms with Gasteiger partial charge in [0.1, 0.15) is 11.4 Å². The van der Waals surface area contributed by atoms with Gasteiger partial charge in [0.05, 0.1) is 0 Å². The van der Waals surface area contributed by atoms with Crippen molar-refractivity contribution in [1.82, 2.24) is 0 Å². The normalized spacial score (nSPS) is 14.7. The van der Waals surface area contributed by atoms with Crippen molar-refractivity contribution in [2.24, 2.45) is 0 Å². The zero-order valence-corrected chi connectivity index (χ0v) is 22.3. The first-order valence-corrected chi connectivity index (χ1v) is 21.6. The van der Waals surface area contributed by atoms with E-state index in [4.69, 9.17) is 13.1 Å². The Morgan fingerprint density at radius 1 is 1.26 bits per heavy atom. The smallest absolute Gasteiger partial charge is 0.338 e. The van der Waals surface area contributed by atoms with Gasteiger partial charge in [0, 0.05) is 23.3 Å². The van der Waals surface area contributed by atoms with E-state index in [2.05, 4.69) is 104 Å². The van der Waals surface area contributed by atoms with E-state index >= 15 is 0 Å². The number of carbonyl (C=O) groups excluding carboxylic acids is 1. The molecule has 0 aromatic heterocycles. The largest absolute Gasteiger partial charge is 0.454 e. The number of alkyl halides is 2. The third-order valence-electron chi connectivity index (χ3n) is 1.22. The highest BCUT2D eigenvalue weighted by molar-refractivity contribution is 14.3. The lowest BCUT2D eigenvalue weighted by molar-refractivity contribution is -0.153. The van der Waals surface area contributed by atoms with E-state index in [1.807, 2.05) is 0 Å². The molecule has 0 heterocycles. The number of ether oxygens (including phenoxy) is 1. The van der Waals surface area contributed by atoms with Gasteiger partial charge in [-0.1, -0.05) is 15.9 Å². The molecule has 0 amide bonds. The van der Waals surface area contributed by atoms with Crippen LogP contribution in [0.4, 0.5) is 4.39 Å². The van der Waals surface area contributed by atoms with Gasteiger partial charge < -0.3 is 8.92 Å². The Bertz CT molecular complexity index is 273. The van der Waals surface area contributed by atoms with Crippen LogP contribution in [-0.4, -0.2) is 30.4 Å². The van der Waals surface area contributed by atoms with E-state index in [1.165, 1.54) is 23.3 Å². The third-order valence-corrected chi connectivity index (χ3v) is 10.0. The van der Waals surface area contributed by atoms with Gasteiger partial charge in [-0.05, 0) is 88.2 Å². The van der Waals surface area contributed by atoms with Crippen molar-refractivity contribution in [1.29, 1.82) is 0 Å². The Morgan fingerprint density at radius 3 is 2.32 bits per heavy atom. The van der Waals surface area contributed by atoms with Gasteiger partial charge in [0.2, 0.25) is 0 Å². The summed E-state index contributed by atoms with van der Waals surface area (Å²) in [5, 5.41) is -0.544. The van der Waals surface area contributed by atoms with Crippen LogP contribution < -0.4 is 0 Å². The fourth-order valence-electron chi connectivity index (χ4n) is 0.636. The first-order valence-electron chi connectivity index (χ1n) is 4.12.